The Balaban J connectivity index is 2.41. The molecule has 0 bridgehead atoms. The second-order valence-electron chi connectivity index (χ2n) is 6.13. The minimum Gasteiger partial charge on any atom is -0.481 e. The van der Waals surface area contributed by atoms with E-state index < -0.39 is 30.4 Å². The number of aliphatic hydroxyl groups excluding tert-OH is 3. The van der Waals surface area contributed by atoms with Gasteiger partial charge in [0.2, 0.25) is 0 Å². The fraction of sp³-hybridized carbons (Fsp3) is 0.688. The first kappa shape index (κ1) is 23.3. The number of aliphatic carboxylic acids is 1. The van der Waals surface area contributed by atoms with Gasteiger partial charge in [0.25, 0.3) is 5.97 Å². The first-order chi connectivity index (χ1) is 12.6. The van der Waals surface area contributed by atoms with Crippen molar-refractivity contribution in [3.05, 3.63) is 23.8 Å². The Kier molecular flexibility index (Phi) is 9.66. The van der Waals surface area contributed by atoms with Crippen LogP contribution in [0.2, 0.25) is 0 Å². The zero-order valence-corrected chi connectivity index (χ0v) is 14.7. The normalized spacial score (nSPS) is 15.3. The van der Waals surface area contributed by atoms with Gasteiger partial charge in [-0.1, -0.05) is 0 Å². The molecule has 0 saturated carbocycles. The molecule has 11 nitrogen and oxygen atoms in total. The van der Waals surface area contributed by atoms with E-state index in [4.69, 9.17) is 25.2 Å². The first-order valence-corrected chi connectivity index (χ1v) is 8.44. The fourth-order valence-corrected chi connectivity index (χ4v) is 2.20. The molecule has 1 heterocycles. The van der Waals surface area contributed by atoms with Crippen molar-refractivity contribution in [3.63, 3.8) is 0 Å². The summed E-state index contributed by atoms with van der Waals surface area (Å²) in [6.07, 6.45) is -1.46. The van der Waals surface area contributed by atoms with Gasteiger partial charge in [-0.05, 0) is 19.3 Å². The van der Waals surface area contributed by atoms with Crippen LogP contribution in [0, 0.1) is 0 Å². The van der Waals surface area contributed by atoms with Gasteiger partial charge < -0.3 is 40.5 Å². The number of carboxylic acid groups (broad SMARTS) is 1. The third-order valence-corrected chi connectivity index (χ3v) is 3.63. The van der Waals surface area contributed by atoms with Gasteiger partial charge in [-0.3, -0.25) is 14.8 Å². The molecule has 3 unspecified atom stereocenters. The summed E-state index contributed by atoms with van der Waals surface area (Å²) < 4.78 is 4.96. The molecule has 27 heavy (non-hydrogen) atoms. The average molecular weight is 390 g/mol. The van der Waals surface area contributed by atoms with Gasteiger partial charge in [0.15, 0.2) is 6.29 Å². The number of aliphatic hydroxyl groups is 6. The smallest absolute Gasteiger partial charge is 0.303 e. The molecule has 11 heteroatoms. The molecule has 0 spiro atoms. The zero-order valence-electron chi connectivity index (χ0n) is 14.7. The summed E-state index contributed by atoms with van der Waals surface area (Å²) in [5, 5.41) is 64.5. The van der Waals surface area contributed by atoms with Crippen LogP contribution in [-0.2, 0) is 16.0 Å². The molecule has 7 N–H and O–H groups in total. The lowest BCUT2D eigenvalue weighted by Gasteiger charge is -2.20. The Bertz CT molecular complexity index is 562. The van der Waals surface area contributed by atoms with Crippen LogP contribution in [0.25, 0.3) is 0 Å². The summed E-state index contributed by atoms with van der Waals surface area (Å²) >= 11 is 0. The van der Waals surface area contributed by atoms with Gasteiger partial charge in [-0.15, -0.1) is 0 Å². The van der Waals surface area contributed by atoms with Crippen LogP contribution < -0.4 is 0 Å². The Labute approximate surface area is 155 Å². The van der Waals surface area contributed by atoms with Crippen LogP contribution in [0.15, 0.2) is 12.4 Å². The van der Waals surface area contributed by atoms with Crippen molar-refractivity contribution in [2.75, 3.05) is 6.61 Å². The van der Waals surface area contributed by atoms with Gasteiger partial charge in [0.05, 0.1) is 30.3 Å². The highest BCUT2D eigenvalue weighted by Crippen LogP contribution is 2.18. The maximum absolute atomic E-state index is 10.4. The van der Waals surface area contributed by atoms with Gasteiger partial charge in [-0.2, -0.15) is 0 Å². The molecule has 1 rings (SSSR count). The van der Waals surface area contributed by atoms with Crippen molar-refractivity contribution in [2.45, 2.75) is 63.0 Å². The van der Waals surface area contributed by atoms with E-state index in [2.05, 4.69) is 9.97 Å². The number of carbonyl (C=O) groups is 1. The number of ether oxygens (including phenoxy) is 1. The van der Waals surface area contributed by atoms with Crippen LogP contribution in [0.5, 0.6) is 0 Å². The lowest BCUT2D eigenvalue weighted by molar-refractivity contribution is -0.314. The summed E-state index contributed by atoms with van der Waals surface area (Å²) in [7, 11) is 0. The molecular weight excluding hydrogens is 364 g/mol. The SMILES string of the molecule is O=C(O)CCCOC(O)CC(O)C(O)c1cnc(CCCC(O)(O)O)cn1. The topological polar surface area (TPSA) is 194 Å². The summed E-state index contributed by atoms with van der Waals surface area (Å²) in [6.45, 7) is 0.00158. The highest BCUT2D eigenvalue weighted by Gasteiger charge is 2.23. The third-order valence-electron chi connectivity index (χ3n) is 3.63. The fourth-order valence-electron chi connectivity index (χ4n) is 2.20. The predicted octanol–water partition coefficient (Wildman–Crippen LogP) is -1.59. The number of hydrogen-bond donors (Lipinski definition) is 7. The summed E-state index contributed by atoms with van der Waals surface area (Å²) in [5.74, 6) is -3.71. The van der Waals surface area contributed by atoms with Gasteiger partial charge in [0.1, 0.15) is 6.10 Å². The molecule has 0 radical (unpaired) electrons. The van der Waals surface area contributed by atoms with E-state index in [0.717, 1.165) is 0 Å². The lowest BCUT2D eigenvalue weighted by Crippen LogP contribution is -2.27. The molecule has 0 fully saturated rings. The van der Waals surface area contributed by atoms with Crippen LogP contribution in [0.3, 0.4) is 0 Å². The number of aromatic nitrogens is 2. The van der Waals surface area contributed by atoms with E-state index in [1.54, 1.807) is 0 Å². The van der Waals surface area contributed by atoms with Gasteiger partial charge in [-0.25, -0.2) is 0 Å². The molecule has 0 saturated heterocycles. The molecule has 0 amide bonds. The van der Waals surface area contributed by atoms with Crippen LogP contribution in [-0.4, -0.2) is 76.7 Å². The molecule has 1 aromatic rings. The summed E-state index contributed by atoms with van der Waals surface area (Å²) in [6, 6.07) is 0. The third kappa shape index (κ3) is 10.2. The average Bonchev–Trinajstić information content (AvgIpc) is 2.57. The molecule has 1 aromatic heterocycles. The Morgan fingerprint density at radius 2 is 1.81 bits per heavy atom. The number of rotatable bonds is 13. The number of hydrogen-bond acceptors (Lipinski definition) is 10. The van der Waals surface area contributed by atoms with E-state index in [1.807, 2.05) is 0 Å². The molecule has 3 atom stereocenters. The highest BCUT2D eigenvalue weighted by atomic mass is 16.7. The molecular formula is C16H26N2O9. The Morgan fingerprint density at radius 1 is 1.11 bits per heavy atom. The zero-order chi connectivity index (χ0) is 20.4. The van der Waals surface area contributed by atoms with Crippen LogP contribution in [0.4, 0.5) is 0 Å². The Morgan fingerprint density at radius 3 is 2.37 bits per heavy atom. The van der Waals surface area contributed by atoms with Gasteiger partial charge in [0, 0.05) is 25.5 Å². The number of aryl methyl sites for hydroxylation is 1. The monoisotopic (exact) mass is 390 g/mol. The molecule has 0 aliphatic rings. The predicted molar refractivity (Wildman–Crippen MR) is 88.8 cm³/mol. The van der Waals surface area contributed by atoms with E-state index in [9.17, 15) is 20.1 Å². The van der Waals surface area contributed by atoms with Gasteiger partial charge >= 0.3 is 5.97 Å². The van der Waals surface area contributed by atoms with Crippen molar-refractivity contribution in [2.24, 2.45) is 0 Å². The van der Waals surface area contributed by atoms with Crippen molar-refractivity contribution < 1.29 is 45.3 Å². The van der Waals surface area contributed by atoms with Crippen molar-refractivity contribution in [1.29, 1.82) is 0 Å². The lowest BCUT2D eigenvalue weighted by atomic mass is 10.1. The number of carboxylic acids is 1. The maximum atomic E-state index is 10.4. The van der Waals surface area contributed by atoms with Crippen molar-refractivity contribution in [3.8, 4) is 0 Å². The standard InChI is InChI=1S/C16H26N2O9/c19-12(7-14(22)27-6-2-4-13(20)21)15(23)11-9-17-10(8-18-11)3-1-5-16(24,25)26/h8-9,12,14-15,19,22-26H,1-7H2,(H,20,21). The highest BCUT2D eigenvalue weighted by molar-refractivity contribution is 5.66. The minimum atomic E-state index is -2.73. The molecule has 0 aliphatic heterocycles. The Hall–Kier alpha value is -1.73. The van der Waals surface area contributed by atoms with Crippen LogP contribution in [0.1, 0.15) is 49.6 Å². The van der Waals surface area contributed by atoms with Crippen molar-refractivity contribution in [1.82, 2.24) is 9.97 Å². The summed E-state index contributed by atoms with van der Waals surface area (Å²) in [4.78, 5) is 18.4. The van der Waals surface area contributed by atoms with E-state index in [-0.39, 0.29) is 44.4 Å². The minimum absolute atomic E-state index is 0.00158. The largest absolute Gasteiger partial charge is 0.481 e. The number of nitrogens with zero attached hydrogens (tertiary/aromatic N) is 2. The molecule has 154 valence electrons. The van der Waals surface area contributed by atoms with E-state index in [1.165, 1.54) is 12.4 Å². The first-order valence-electron chi connectivity index (χ1n) is 8.44. The summed E-state index contributed by atoms with van der Waals surface area (Å²) in [5.41, 5.74) is 0.566. The van der Waals surface area contributed by atoms with Crippen molar-refractivity contribution >= 4 is 5.97 Å². The maximum Gasteiger partial charge on any atom is 0.303 e. The van der Waals surface area contributed by atoms with Crippen LogP contribution >= 0.6 is 0 Å². The second-order valence-corrected chi connectivity index (χ2v) is 6.13. The molecule has 0 aromatic carbocycles. The van der Waals surface area contributed by atoms with E-state index in [0.29, 0.717) is 12.1 Å². The quantitative estimate of drug-likeness (QED) is 0.152. The van der Waals surface area contributed by atoms with E-state index >= 15 is 0 Å². The molecule has 0 aliphatic carbocycles. The second kappa shape index (κ2) is 11.2.